The SMILES string of the molecule is CN(C)C(=O)Sc1ccccc1NC(=O)C1=NN(C2CCS(=O)(=O)C2)C(=O)CC1. The van der Waals surface area contributed by atoms with Crippen molar-refractivity contribution in [3.05, 3.63) is 24.3 Å². The number of hydrazone groups is 1. The fourth-order valence-corrected chi connectivity index (χ4v) is 5.47. The second-order valence-corrected chi connectivity index (χ2v) is 10.3. The van der Waals surface area contributed by atoms with E-state index in [1.165, 1.54) is 4.90 Å². The standard InChI is InChI=1S/C18H22N4O5S2/c1-21(2)18(25)28-15-6-4-3-5-13(15)19-17(24)14-7-8-16(23)22(20-14)12-9-10-29(26,27)11-12/h3-6,12H,7-11H2,1-2H3,(H,19,24). The topological polar surface area (TPSA) is 116 Å². The number of carbonyl (C=O) groups excluding carboxylic acids is 3. The highest BCUT2D eigenvalue weighted by molar-refractivity contribution is 8.13. The number of nitrogens with zero attached hydrogens (tertiary/aromatic N) is 3. The summed E-state index contributed by atoms with van der Waals surface area (Å²) in [5, 5.41) is 7.89. The number of hydrogen-bond donors (Lipinski definition) is 1. The van der Waals surface area contributed by atoms with Crippen LogP contribution in [-0.2, 0) is 19.4 Å². The zero-order chi connectivity index (χ0) is 21.2. The smallest absolute Gasteiger partial charge is 0.286 e. The van der Waals surface area contributed by atoms with Crippen molar-refractivity contribution in [2.24, 2.45) is 5.10 Å². The molecule has 0 radical (unpaired) electrons. The monoisotopic (exact) mass is 438 g/mol. The largest absolute Gasteiger partial charge is 0.339 e. The minimum absolute atomic E-state index is 0.0169. The quantitative estimate of drug-likeness (QED) is 0.713. The van der Waals surface area contributed by atoms with Gasteiger partial charge in [0.05, 0.1) is 23.2 Å². The van der Waals surface area contributed by atoms with Gasteiger partial charge in [0.1, 0.15) is 5.71 Å². The molecule has 11 heteroatoms. The van der Waals surface area contributed by atoms with E-state index in [4.69, 9.17) is 0 Å². The van der Waals surface area contributed by atoms with Crippen LogP contribution in [0.4, 0.5) is 10.5 Å². The predicted molar refractivity (Wildman–Crippen MR) is 111 cm³/mol. The molecule has 3 rings (SSSR count). The third-order valence-corrected chi connectivity index (χ3v) is 7.44. The van der Waals surface area contributed by atoms with Crippen LogP contribution in [0.3, 0.4) is 0 Å². The van der Waals surface area contributed by atoms with Crippen molar-refractivity contribution in [3.8, 4) is 0 Å². The number of hydrogen-bond acceptors (Lipinski definition) is 7. The molecule has 0 aromatic heterocycles. The Bertz CT molecular complexity index is 974. The summed E-state index contributed by atoms with van der Waals surface area (Å²) < 4.78 is 23.4. The predicted octanol–water partition coefficient (Wildman–Crippen LogP) is 1.56. The molecular weight excluding hydrogens is 416 g/mol. The van der Waals surface area contributed by atoms with Crippen LogP contribution in [0.5, 0.6) is 0 Å². The van der Waals surface area contributed by atoms with Gasteiger partial charge in [-0.25, -0.2) is 13.4 Å². The van der Waals surface area contributed by atoms with E-state index in [0.29, 0.717) is 17.0 Å². The van der Waals surface area contributed by atoms with E-state index in [2.05, 4.69) is 10.4 Å². The molecule has 0 saturated carbocycles. The number of carbonyl (C=O) groups is 3. The van der Waals surface area contributed by atoms with E-state index in [0.717, 1.165) is 16.8 Å². The van der Waals surface area contributed by atoms with E-state index in [9.17, 15) is 22.8 Å². The Morgan fingerprint density at radius 2 is 1.97 bits per heavy atom. The Morgan fingerprint density at radius 3 is 2.62 bits per heavy atom. The minimum Gasteiger partial charge on any atom is -0.339 e. The fraction of sp³-hybridized carbons (Fsp3) is 0.444. The molecule has 0 aliphatic carbocycles. The van der Waals surface area contributed by atoms with Gasteiger partial charge >= 0.3 is 0 Å². The van der Waals surface area contributed by atoms with Crippen LogP contribution < -0.4 is 5.32 Å². The fourth-order valence-electron chi connectivity index (χ4n) is 3.03. The molecule has 1 aromatic rings. The van der Waals surface area contributed by atoms with Gasteiger partial charge in [-0.3, -0.25) is 14.4 Å². The molecule has 156 valence electrons. The molecule has 3 amide bonds. The van der Waals surface area contributed by atoms with Crippen LogP contribution in [-0.4, -0.2) is 72.7 Å². The summed E-state index contributed by atoms with van der Waals surface area (Å²) in [5.41, 5.74) is 0.625. The summed E-state index contributed by atoms with van der Waals surface area (Å²) in [5.74, 6) is -0.878. The average Bonchev–Trinajstić information content (AvgIpc) is 3.03. The second-order valence-electron chi connectivity index (χ2n) is 7.05. The highest BCUT2D eigenvalue weighted by Crippen LogP contribution is 2.29. The zero-order valence-corrected chi connectivity index (χ0v) is 17.8. The van der Waals surface area contributed by atoms with E-state index in [1.54, 1.807) is 38.4 Å². The third kappa shape index (κ3) is 5.15. The number of nitrogens with one attached hydrogen (secondary N) is 1. The van der Waals surface area contributed by atoms with Gasteiger partial charge in [-0.15, -0.1) is 0 Å². The molecular formula is C18H22N4O5S2. The molecule has 1 aromatic carbocycles. The lowest BCUT2D eigenvalue weighted by atomic mass is 10.1. The first-order chi connectivity index (χ1) is 13.7. The van der Waals surface area contributed by atoms with Crippen molar-refractivity contribution in [3.63, 3.8) is 0 Å². The van der Waals surface area contributed by atoms with Gasteiger partial charge in [0.15, 0.2) is 9.84 Å². The first-order valence-corrected chi connectivity index (χ1v) is 11.7. The Labute approximate surface area is 173 Å². The van der Waals surface area contributed by atoms with Crippen LogP contribution in [0, 0.1) is 0 Å². The maximum atomic E-state index is 12.7. The molecule has 1 saturated heterocycles. The summed E-state index contributed by atoms with van der Waals surface area (Å²) in [6.07, 6.45) is 0.587. The van der Waals surface area contributed by atoms with Crippen molar-refractivity contribution in [2.45, 2.75) is 30.2 Å². The lowest BCUT2D eigenvalue weighted by molar-refractivity contribution is -0.133. The summed E-state index contributed by atoms with van der Waals surface area (Å²) in [7, 11) is 0.101. The van der Waals surface area contributed by atoms with Gasteiger partial charge in [-0.1, -0.05) is 12.1 Å². The van der Waals surface area contributed by atoms with E-state index in [-0.39, 0.29) is 41.2 Å². The molecule has 29 heavy (non-hydrogen) atoms. The van der Waals surface area contributed by atoms with Gasteiger partial charge in [0, 0.05) is 31.8 Å². The van der Waals surface area contributed by atoms with Gasteiger partial charge in [0.2, 0.25) is 5.91 Å². The molecule has 0 spiro atoms. The van der Waals surface area contributed by atoms with Crippen LogP contribution in [0.25, 0.3) is 0 Å². The van der Waals surface area contributed by atoms with Gasteiger partial charge < -0.3 is 10.2 Å². The Morgan fingerprint density at radius 1 is 1.24 bits per heavy atom. The maximum Gasteiger partial charge on any atom is 0.286 e. The van der Waals surface area contributed by atoms with Crippen LogP contribution in [0.15, 0.2) is 34.3 Å². The Balaban J connectivity index is 1.76. The molecule has 0 bridgehead atoms. The highest BCUT2D eigenvalue weighted by atomic mass is 32.2. The molecule has 2 aliphatic rings. The summed E-state index contributed by atoms with van der Waals surface area (Å²) >= 11 is 0.989. The second kappa shape index (κ2) is 8.54. The first-order valence-electron chi connectivity index (χ1n) is 9.06. The molecule has 1 N–H and O–H groups in total. The van der Waals surface area contributed by atoms with E-state index >= 15 is 0 Å². The van der Waals surface area contributed by atoms with Crippen molar-refractivity contribution in [2.75, 3.05) is 30.9 Å². The number of thioether (sulfide) groups is 1. The zero-order valence-electron chi connectivity index (χ0n) is 16.1. The van der Waals surface area contributed by atoms with Crippen molar-refractivity contribution >= 4 is 50.1 Å². The third-order valence-electron chi connectivity index (χ3n) is 4.57. The maximum absolute atomic E-state index is 12.7. The average molecular weight is 439 g/mol. The van der Waals surface area contributed by atoms with Crippen LogP contribution in [0.1, 0.15) is 19.3 Å². The molecule has 2 heterocycles. The Kier molecular flexibility index (Phi) is 6.27. The first kappa shape index (κ1) is 21.3. The van der Waals surface area contributed by atoms with Crippen LogP contribution >= 0.6 is 11.8 Å². The summed E-state index contributed by atoms with van der Waals surface area (Å²) in [6.45, 7) is 0. The summed E-state index contributed by atoms with van der Waals surface area (Å²) in [4.78, 5) is 39.0. The van der Waals surface area contributed by atoms with Crippen molar-refractivity contribution in [1.82, 2.24) is 9.91 Å². The summed E-state index contributed by atoms with van der Waals surface area (Å²) in [6, 6.07) is 6.38. The number of anilines is 1. The number of rotatable bonds is 4. The van der Waals surface area contributed by atoms with Gasteiger partial charge in [0.25, 0.3) is 11.1 Å². The highest BCUT2D eigenvalue weighted by Gasteiger charge is 2.37. The molecule has 2 aliphatic heterocycles. The van der Waals surface area contributed by atoms with Gasteiger partial charge in [-0.2, -0.15) is 5.10 Å². The number of benzene rings is 1. The van der Waals surface area contributed by atoms with E-state index in [1.807, 2.05) is 0 Å². The normalized spacial score (nSPS) is 20.9. The molecule has 1 atom stereocenters. The van der Waals surface area contributed by atoms with Crippen LogP contribution in [0.2, 0.25) is 0 Å². The molecule has 1 unspecified atom stereocenters. The lowest BCUT2D eigenvalue weighted by Gasteiger charge is -2.27. The molecule has 1 fully saturated rings. The van der Waals surface area contributed by atoms with Crippen molar-refractivity contribution in [1.29, 1.82) is 0 Å². The van der Waals surface area contributed by atoms with E-state index < -0.39 is 21.8 Å². The number of sulfone groups is 1. The van der Waals surface area contributed by atoms with Gasteiger partial charge in [-0.05, 0) is 30.3 Å². The lowest BCUT2D eigenvalue weighted by Crippen LogP contribution is -2.42. The number of para-hydroxylation sites is 1. The Hall–Kier alpha value is -2.40. The number of amides is 3. The molecule has 9 nitrogen and oxygen atoms in total. The van der Waals surface area contributed by atoms with Crippen molar-refractivity contribution < 1.29 is 22.8 Å². The minimum atomic E-state index is -3.18.